The van der Waals surface area contributed by atoms with Crippen molar-refractivity contribution in [2.45, 2.75) is 19.4 Å². The van der Waals surface area contributed by atoms with E-state index in [-0.39, 0.29) is 6.04 Å². The molecule has 1 fully saturated rings. The average molecular weight is 267 g/mol. The Kier molecular flexibility index (Phi) is 3.25. The standard InChI is InChI=1S/C15H17N5/c1-10-4-12(17)8-20(7-10)14-3-2-11(5-16)15-13(14)6-18-9-19-15/h2-3,6,9-10,12H,4,7-8,17H2,1H3. The normalized spacial score (nSPS) is 22.8. The molecule has 2 aromatic rings. The highest BCUT2D eigenvalue weighted by molar-refractivity contribution is 5.94. The van der Waals surface area contributed by atoms with E-state index >= 15 is 0 Å². The number of rotatable bonds is 1. The number of anilines is 1. The molecule has 5 nitrogen and oxygen atoms in total. The number of nitrogens with two attached hydrogens (primary N) is 1. The van der Waals surface area contributed by atoms with Crippen molar-refractivity contribution in [2.24, 2.45) is 11.7 Å². The molecule has 0 bridgehead atoms. The van der Waals surface area contributed by atoms with Crippen LogP contribution in [-0.2, 0) is 0 Å². The molecule has 1 aromatic heterocycles. The summed E-state index contributed by atoms with van der Waals surface area (Å²) in [6.07, 6.45) is 4.32. The summed E-state index contributed by atoms with van der Waals surface area (Å²) in [5, 5.41) is 10.1. The number of nitrogens with zero attached hydrogens (tertiary/aromatic N) is 4. The predicted molar refractivity (Wildman–Crippen MR) is 78.2 cm³/mol. The van der Waals surface area contributed by atoms with Crippen molar-refractivity contribution < 1.29 is 0 Å². The van der Waals surface area contributed by atoms with E-state index < -0.39 is 0 Å². The summed E-state index contributed by atoms with van der Waals surface area (Å²) in [4.78, 5) is 10.6. The summed E-state index contributed by atoms with van der Waals surface area (Å²) in [5.41, 5.74) is 8.50. The van der Waals surface area contributed by atoms with Gasteiger partial charge in [-0.15, -0.1) is 0 Å². The number of piperidine rings is 1. The third-order valence-corrected chi connectivity index (χ3v) is 3.80. The predicted octanol–water partition coefficient (Wildman–Crippen LogP) is 1.67. The van der Waals surface area contributed by atoms with Gasteiger partial charge < -0.3 is 10.6 Å². The maximum Gasteiger partial charge on any atom is 0.116 e. The van der Waals surface area contributed by atoms with Crippen LogP contribution in [0.3, 0.4) is 0 Å². The second-order valence-electron chi connectivity index (χ2n) is 5.54. The molecule has 1 aliphatic rings. The maximum absolute atomic E-state index is 9.18. The Morgan fingerprint density at radius 1 is 1.40 bits per heavy atom. The van der Waals surface area contributed by atoms with E-state index in [0.29, 0.717) is 17.0 Å². The molecule has 1 saturated heterocycles. The fourth-order valence-corrected chi connectivity index (χ4v) is 3.03. The van der Waals surface area contributed by atoms with Crippen LogP contribution in [0, 0.1) is 17.2 Å². The summed E-state index contributed by atoms with van der Waals surface area (Å²) in [6.45, 7) is 4.03. The molecule has 1 aromatic carbocycles. The van der Waals surface area contributed by atoms with Crippen molar-refractivity contribution >= 4 is 16.6 Å². The lowest BCUT2D eigenvalue weighted by Crippen LogP contribution is -2.46. The van der Waals surface area contributed by atoms with Crippen molar-refractivity contribution in [1.29, 1.82) is 5.26 Å². The Morgan fingerprint density at radius 2 is 2.25 bits per heavy atom. The van der Waals surface area contributed by atoms with Gasteiger partial charge >= 0.3 is 0 Å². The number of benzene rings is 1. The second kappa shape index (κ2) is 5.06. The maximum atomic E-state index is 9.18. The first-order chi connectivity index (χ1) is 9.69. The van der Waals surface area contributed by atoms with E-state index in [4.69, 9.17) is 5.73 Å². The molecule has 2 heterocycles. The summed E-state index contributed by atoms with van der Waals surface area (Å²) >= 11 is 0. The molecule has 5 heteroatoms. The van der Waals surface area contributed by atoms with Gasteiger partial charge in [-0.3, -0.25) is 0 Å². The van der Waals surface area contributed by atoms with E-state index in [1.165, 1.54) is 6.33 Å². The fraction of sp³-hybridized carbons (Fsp3) is 0.400. The van der Waals surface area contributed by atoms with Gasteiger partial charge in [0.05, 0.1) is 11.1 Å². The van der Waals surface area contributed by atoms with Gasteiger partial charge in [0.1, 0.15) is 12.4 Å². The number of hydrogen-bond donors (Lipinski definition) is 1. The quantitative estimate of drug-likeness (QED) is 0.850. The summed E-state index contributed by atoms with van der Waals surface area (Å²) < 4.78 is 0. The second-order valence-corrected chi connectivity index (χ2v) is 5.54. The SMILES string of the molecule is CC1CC(N)CN(c2ccc(C#N)c3ncncc23)C1. The summed E-state index contributed by atoms with van der Waals surface area (Å²) in [7, 11) is 0. The van der Waals surface area contributed by atoms with Gasteiger partial charge in [0, 0.05) is 36.4 Å². The van der Waals surface area contributed by atoms with E-state index in [1.54, 1.807) is 6.20 Å². The third-order valence-electron chi connectivity index (χ3n) is 3.80. The van der Waals surface area contributed by atoms with Crippen LogP contribution in [0.4, 0.5) is 5.69 Å². The number of aromatic nitrogens is 2. The molecular formula is C15H17N5. The van der Waals surface area contributed by atoms with Crippen LogP contribution < -0.4 is 10.6 Å². The van der Waals surface area contributed by atoms with Crippen LogP contribution in [0.1, 0.15) is 18.9 Å². The Morgan fingerprint density at radius 3 is 3.00 bits per heavy atom. The summed E-state index contributed by atoms with van der Waals surface area (Å²) in [6, 6.07) is 6.18. The molecule has 1 aliphatic heterocycles. The molecule has 0 spiro atoms. The minimum atomic E-state index is 0.189. The van der Waals surface area contributed by atoms with Crippen LogP contribution in [0.25, 0.3) is 10.9 Å². The van der Waals surface area contributed by atoms with Crippen LogP contribution in [0.15, 0.2) is 24.7 Å². The van der Waals surface area contributed by atoms with E-state index in [9.17, 15) is 5.26 Å². The molecule has 0 radical (unpaired) electrons. The van der Waals surface area contributed by atoms with Crippen molar-refractivity contribution in [3.8, 4) is 6.07 Å². The van der Waals surface area contributed by atoms with Gasteiger partial charge in [-0.05, 0) is 24.5 Å². The minimum absolute atomic E-state index is 0.189. The smallest absolute Gasteiger partial charge is 0.116 e. The topological polar surface area (TPSA) is 78.8 Å². The lowest BCUT2D eigenvalue weighted by molar-refractivity contribution is 0.402. The largest absolute Gasteiger partial charge is 0.369 e. The van der Waals surface area contributed by atoms with E-state index in [1.807, 2.05) is 12.1 Å². The third kappa shape index (κ3) is 2.19. The Labute approximate surface area is 118 Å². The number of fused-ring (bicyclic) bond motifs is 1. The Balaban J connectivity index is 2.11. The molecule has 3 rings (SSSR count). The fourth-order valence-electron chi connectivity index (χ4n) is 3.03. The van der Waals surface area contributed by atoms with E-state index in [2.05, 4.69) is 27.9 Å². The average Bonchev–Trinajstić information content (AvgIpc) is 2.45. The highest BCUT2D eigenvalue weighted by Gasteiger charge is 2.24. The lowest BCUT2D eigenvalue weighted by atomic mass is 9.95. The van der Waals surface area contributed by atoms with Crippen LogP contribution in [0.2, 0.25) is 0 Å². The minimum Gasteiger partial charge on any atom is -0.369 e. The van der Waals surface area contributed by atoms with Crippen LogP contribution in [-0.4, -0.2) is 29.1 Å². The number of nitriles is 1. The van der Waals surface area contributed by atoms with Crippen LogP contribution >= 0.6 is 0 Å². The van der Waals surface area contributed by atoms with Gasteiger partial charge in [-0.25, -0.2) is 9.97 Å². The molecule has 0 saturated carbocycles. The lowest BCUT2D eigenvalue weighted by Gasteiger charge is -2.36. The Bertz CT molecular complexity index is 666. The molecule has 2 unspecified atom stereocenters. The zero-order valence-electron chi connectivity index (χ0n) is 11.5. The Hall–Kier alpha value is -2.19. The number of hydrogen-bond acceptors (Lipinski definition) is 5. The highest BCUT2D eigenvalue weighted by atomic mass is 15.2. The van der Waals surface area contributed by atoms with Crippen molar-refractivity contribution in [3.05, 3.63) is 30.2 Å². The van der Waals surface area contributed by atoms with Gasteiger partial charge in [0.15, 0.2) is 0 Å². The molecular weight excluding hydrogens is 250 g/mol. The van der Waals surface area contributed by atoms with Gasteiger partial charge in [-0.1, -0.05) is 6.92 Å². The van der Waals surface area contributed by atoms with Crippen molar-refractivity contribution in [1.82, 2.24) is 9.97 Å². The first-order valence-corrected chi connectivity index (χ1v) is 6.82. The molecule has 0 amide bonds. The first kappa shape index (κ1) is 12.8. The summed E-state index contributed by atoms with van der Waals surface area (Å²) in [5.74, 6) is 0.564. The van der Waals surface area contributed by atoms with Crippen LogP contribution in [0.5, 0.6) is 0 Å². The zero-order chi connectivity index (χ0) is 14.1. The molecule has 20 heavy (non-hydrogen) atoms. The van der Waals surface area contributed by atoms with E-state index in [0.717, 1.165) is 30.6 Å². The van der Waals surface area contributed by atoms with Gasteiger partial charge in [0.25, 0.3) is 0 Å². The molecule has 102 valence electrons. The zero-order valence-corrected chi connectivity index (χ0v) is 11.5. The van der Waals surface area contributed by atoms with Crippen molar-refractivity contribution in [2.75, 3.05) is 18.0 Å². The van der Waals surface area contributed by atoms with Crippen molar-refractivity contribution in [3.63, 3.8) is 0 Å². The molecule has 2 N–H and O–H groups in total. The van der Waals surface area contributed by atoms with Gasteiger partial charge in [-0.2, -0.15) is 5.26 Å². The molecule has 0 aliphatic carbocycles. The first-order valence-electron chi connectivity index (χ1n) is 6.82. The highest BCUT2D eigenvalue weighted by Crippen LogP contribution is 2.30. The van der Waals surface area contributed by atoms with Gasteiger partial charge in [0.2, 0.25) is 0 Å². The monoisotopic (exact) mass is 267 g/mol. The molecule has 2 atom stereocenters.